The molecule has 0 aromatic heterocycles. The molecule has 0 spiro atoms. The molecule has 15 heavy (non-hydrogen) atoms. The van der Waals surface area contributed by atoms with Crippen molar-refractivity contribution in [1.82, 2.24) is 0 Å². The number of likely N-dealkylation sites (N-methyl/N-ethyl adjacent to an activating group) is 1. The minimum atomic E-state index is -0.796. The van der Waals surface area contributed by atoms with Gasteiger partial charge in [-0.2, -0.15) is 0 Å². The summed E-state index contributed by atoms with van der Waals surface area (Å²) in [6, 6.07) is 7.37. The molecule has 3 nitrogen and oxygen atoms in total. The molecule has 0 fully saturated rings. The molecule has 0 amide bonds. The summed E-state index contributed by atoms with van der Waals surface area (Å²) in [5.41, 5.74) is 0.952. The fourth-order valence-electron chi connectivity index (χ4n) is 1.45. The number of benzene rings is 1. The largest absolute Gasteiger partial charge is 0.480 e. The number of rotatable bonds is 4. The number of hydrogen-bond acceptors (Lipinski definition) is 2. The van der Waals surface area contributed by atoms with Crippen LogP contribution < -0.4 is 4.90 Å². The molecule has 0 unspecified atom stereocenters. The van der Waals surface area contributed by atoms with Gasteiger partial charge in [0.15, 0.2) is 0 Å². The number of halogens is 1. The fourth-order valence-corrected chi connectivity index (χ4v) is 1.81. The first-order valence-corrected chi connectivity index (χ1v) is 5.89. The Bertz CT molecular complexity index is 337. The SMILES string of the molecule is CCN(c1ccc(I)cc1)[C@H](C)C(=O)O. The van der Waals surface area contributed by atoms with Gasteiger partial charge in [-0.25, -0.2) is 4.79 Å². The molecule has 0 aliphatic carbocycles. The lowest BCUT2D eigenvalue weighted by Crippen LogP contribution is -2.38. The Morgan fingerprint density at radius 1 is 1.47 bits per heavy atom. The number of anilines is 1. The van der Waals surface area contributed by atoms with Gasteiger partial charge in [-0.05, 0) is 60.7 Å². The summed E-state index contributed by atoms with van der Waals surface area (Å²) < 4.78 is 1.15. The van der Waals surface area contributed by atoms with Gasteiger partial charge >= 0.3 is 5.97 Å². The molecule has 4 heteroatoms. The zero-order valence-electron chi connectivity index (χ0n) is 8.77. The molecular weight excluding hydrogens is 305 g/mol. The summed E-state index contributed by atoms with van der Waals surface area (Å²) in [7, 11) is 0. The van der Waals surface area contributed by atoms with Crippen LogP contribution in [0.3, 0.4) is 0 Å². The quantitative estimate of drug-likeness (QED) is 0.867. The van der Waals surface area contributed by atoms with E-state index >= 15 is 0 Å². The van der Waals surface area contributed by atoms with E-state index in [2.05, 4.69) is 22.6 Å². The van der Waals surface area contributed by atoms with E-state index in [9.17, 15) is 4.79 Å². The Morgan fingerprint density at radius 3 is 2.40 bits per heavy atom. The lowest BCUT2D eigenvalue weighted by molar-refractivity contribution is -0.138. The number of hydrogen-bond donors (Lipinski definition) is 1. The van der Waals surface area contributed by atoms with Crippen molar-refractivity contribution >= 4 is 34.2 Å². The van der Waals surface area contributed by atoms with Crippen molar-refractivity contribution in [2.24, 2.45) is 0 Å². The van der Waals surface area contributed by atoms with Gasteiger partial charge in [0.05, 0.1) is 0 Å². The van der Waals surface area contributed by atoms with Crippen LogP contribution in [-0.4, -0.2) is 23.7 Å². The second-order valence-electron chi connectivity index (χ2n) is 3.28. The van der Waals surface area contributed by atoms with Gasteiger partial charge in [0.2, 0.25) is 0 Å². The minimum Gasteiger partial charge on any atom is -0.480 e. The third kappa shape index (κ3) is 3.09. The minimum absolute atomic E-state index is 0.491. The van der Waals surface area contributed by atoms with E-state index in [1.807, 2.05) is 36.1 Å². The summed E-state index contributed by atoms with van der Waals surface area (Å²) in [5, 5.41) is 8.96. The molecule has 1 aromatic carbocycles. The molecule has 0 aliphatic heterocycles. The zero-order valence-corrected chi connectivity index (χ0v) is 10.9. The lowest BCUT2D eigenvalue weighted by atomic mass is 10.2. The molecule has 0 radical (unpaired) electrons. The van der Waals surface area contributed by atoms with Gasteiger partial charge in [0, 0.05) is 15.8 Å². The number of aliphatic carboxylic acids is 1. The maximum Gasteiger partial charge on any atom is 0.326 e. The molecule has 0 aliphatic rings. The summed E-state index contributed by atoms with van der Waals surface area (Å²) in [4.78, 5) is 12.8. The second kappa shape index (κ2) is 5.34. The van der Waals surface area contributed by atoms with E-state index in [-0.39, 0.29) is 0 Å². The van der Waals surface area contributed by atoms with Gasteiger partial charge in [0.25, 0.3) is 0 Å². The highest BCUT2D eigenvalue weighted by Gasteiger charge is 2.18. The summed E-state index contributed by atoms with van der Waals surface area (Å²) >= 11 is 2.23. The van der Waals surface area contributed by atoms with Crippen LogP contribution in [0, 0.1) is 3.57 Å². The number of nitrogens with zero attached hydrogens (tertiary/aromatic N) is 1. The van der Waals surface area contributed by atoms with E-state index in [1.54, 1.807) is 6.92 Å². The topological polar surface area (TPSA) is 40.5 Å². The zero-order chi connectivity index (χ0) is 11.4. The van der Waals surface area contributed by atoms with Crippen LogP contribution in [-0.2, 0) is 4.79 Å². The van der Waals surface area contributed by atoms with Crippen molar-refractivity contribution in [2.45, 2.75) is 19.9 Å². The van der Waals surface area contributed by atoms with Crippen LogP contribution in [0.1, 0.15) is 13.8 Å². The Balaban J connectivity index is 2.92. The average Bonchev–Trinajstić information content (AvgIpc) is 2.21. The first kappa shape index (κ1) is 12.3. The van der Waals surface area contributed by atoms with Crippen LogP contribution >= 0.6 is 22.6 Å². The van der Waals surface area contributed by atoms with Crippen molar-refractivity contribution in [1.29, 1.82) is 0 Å². The molecule has 0 bridgehead atoms. The standard InChI is InChI=1S/C11H14INO2/c1-3-13(8(2)11(14)15)10-6-4-9(12)5-7-10/h4-8H,3H2,1-2H3,(H,14,15)/t8-/m1/s1. The van der Waals surface area contributed by atoms with Crippen LogP contribution in [0.2, 0.25) is 0 Å². The lowest BCUT2D eigenvalue weighted by Gasteiger charge is -2.27. The van der Waals surface area contributed by atoms with E-state index in [0.29, 0.717) is 6.54 Å². The van der Waals surface area contributed by atoms with Crippen LogP contribution in [0.4, 0.5) is 5.69 Å². The smallest absolute Gasteiger partial charge is 0.326 e. The first-order valence-electron chi connectivity index (χ1n) is 4.81. The van der Waals surface area contributed by atoms with Gasteiger partial charge in [-0.1, -0.05) is 0 Å². The maximum atomic E-state index is 10.9. The Kier molecular flexibility index (Phi) is 4.38. The van der Waals surface area contributed by atoms with Crippen molar-refractivity contribution in [3.63, 3.8) is 0 Å². The molecule has 0 saturated carbocycles. The van der Waals surface area contributed by atoms with E-state index < -0.39 is 12.0 Å². The molecule has 1 rings (SSSR count). The molecule has 1 N–H and O–H groups in total. The number of carboxylic acids is 1. The molecular formula is C11H14INO2. The second-order valence-corrected chi connectivity index (χ2v) is 4.52. The van der Waals surface area contributed by atoms with Crippen LogP contribution in [0.5, 0.6) is 0 Å². The predicted molar refractivity (Wildman–Crippen MR) is 69.3 cm³/mol. The van der Waals surface area contributed by atoms with Gasteiger partial charge in [-0.3, -0.25) is 0 Å². The Labute approximate surface area is 103 Å². The molecule has 82 valence electrons. The van der Waals surface area contributed by atoms with Crippen molar-refractivity contribution in [3.8, 4) is 0 Å². The van der Waals surface area contributed by atoms with Crippen LogP contribution in [0.15, 0.2) is 24.3 Å². The summed E-state index contributed by atoms with van der Waals surface area (Å²) in [5.74, 6) is -0.796. The van der Waals surface area contributed by atoms with Gasteiger partial charge < -0.3 is 10.0 Å². The number of carbonyl (C=O) groups is 1. The van der Waals surface area contributed by atoms with Crippen LogP contribution in [0.25, 0.3) is 0 Å². The van der Waals surface area contributed by atoms with E-state index in [0.717, 1.165) is 9.26 Å². The van der Waals surface area contributed by atoms with Crippen molar-refractivity contribution < 1.29 is 9.90 Å². The van der Waals surface area contributed by atoms with Crippen molar-refractivity contribution in [3.05, 3.63) is 27.8 Å². The first-order chi connectivity index (χ1) is 7.06. The highest BCUT2D eigenvalue weighted by atomic mass is 127. The Morgan fingerprint density at radius 2 is 2.00 bits per heavy atom. The normalized spacial score (nSPS) is 12.2. The Hall–Kier alpha value is -0.780. The third-order valence-electron chi connectivity index (χ3n) is 2.32. The number of carboxylic acid groups (broad SMARTS) is 1. The predicted octanol–water partition coefficient (Wildman–Crippen LogP) is 2.59. The third-order valence-corrected chi connectivity index (χ3v) is 3.04. The van der Waals surface area contributed by atoms with E-state index in [1.165, 1.54) is 0 Å². The average molecular weight is 319 g/mol. The van der Waals surface area contributed by atoms with Gasteiger partial charge in [-0.15, -0.1) is 0 Å². The van der Waals surface area contributed by atoms with E-state index in [4.69, 9.17) is 5.11 Å². The highest BCUT2D eigenvalue weighted by Crippen LogP contribution is 2.18. The molecule has 1 atom stereocenters. The summed E-state index contributed by atoms with van der Waals surface area (Å²) in [6.07, 6.45) is 0. The van der Waals surface area contributed by atoms with Gasteiger partial charge in [0.1, 0.15) is 6.04 Å². The van der Waals surface area contributed by atoms with Crippen molar-refractivity contribution in [2.75, 3.05) is 11.4 Å². The maximum absolute atomic E-state index is 10.9. The molecule has 0 saturated heterocycles. The molecule has 0 heterocycles. The summed E-state index contributed by atoms with van der Waals surface area (Å²) in [6.45, 7) is 4.34. The monoisotopic (exact) mass is 319 g/mol. The fraction of sp³-hybridized carbons (Fsp3) is 0.364. The molecule has 1 aromatic rings. The highest BCUT2D eigenvalue weighted by molar-refractivity contribution is 14.1.